The van der Waals surface area contributed by atoms with Crippen molar-refractivity contribution >= 4 is 27.6 Å². The Morgan fingerprint density at radius 3 is 2.59 bits per heavy atom. The molecule has 0 spiro atoms. The Morgan fingerprint density at radius 2 is 1.91 bits per heavy atom. The standard InChI is InChI=1S/C24H31FN4O4S/c1-3-17(2)28-34(32,33)22-11-9-19(10-12-22)23(30)29-13-5-6-18(16-29)15-26-24(31)27-21-8-4-7-20(25)14-21/h4,7-12,14,17-18,28H,3,5-6,13,15-16H2,1-2H3,(H2,26,27,31). The molecule has 0 radical (unpaired) electrons. The van der Waals surface area contributed by atoms with Crippen LogP contribution in [0, 0.1) is 11.7 Å². The Kier molecular flexibility index (Phi) is 8.62. The zero-order chi connectivity index (χ0) is 24.7. The quantitative estimate of drug-likeness (QED) is 0.526. The van der Waals surface area contributed by atoms with Crippen LogP contribution in [-0.2, 0) is 10.0 Å². The zero-order valence-corrected chi connectivity index (χ0v) is 20.2. The van der Waals surface area contributed by atoms with E-state index in [4.69, 9.17) is 0 Å². The second-order valence-corrected chi connectivity index (χ2v) is 10.3. The summed E-state index contributed by atoms with van der Waals surface area (Å²) in [5, 5.41) is 5.37. The van der Waals surface area contributed by atoms with Gasteiger partial charge >= 0.3 is 6.03 Å². The lowest BCUT2D eigenvalue weighted by molar-refractivity contribution is 0.0675. The lowest BCUT2D eigenvalue weighted by Gasteiger charge is -2.33. The summed E-state index contributed by atoms with van der Waals surface area (Å²) in [5.74, 6) is -0.528. The molecule has 184 valence electrons. The molecular weight excluding hydrogens is 459 g/mol. The number of amides is 3. The molecule has 8 nitrogen and oxygen atoms in total. The molecule has 34 heavy (non-hydrogen) atoms. The summed E-state index contributed by atoms with van der Waals surface area (Å²) in [4.78, 5) is 26.9. The monoisotopic (exact) mass is 490 g/mol. The van der Waals surface area contributed by atoms with Crippen molar-refractivity contribution in [3.8, 4) is 0 Å². The van der Waals surface area contributed by atoms with E-state index in [-0.39, 0.29) is 22.8 Å². The number of anilines is 1. The number of likely N-dealkylation sites (tertiary alicyclic amines) is 1. The van der Waals surface area contributed by atoms with E-state index < -0.39 is 21.9 Å². The topological polar surface area (TPSA) is 108 Å². The van der Waals surface area contributed by atoms with Crippen LogP contribution in [0.2, 0.25) is 0 Å². The van der Waals surface area contributed by atoms with Gasteiger partial charge in [-0.05, 0) is 74.6 Å². The van der Waals surface area contributed by atoms with Crippen molar-refractivity contribution in [1.82, 2.24) is 14.9 Å². The highest BCUT2D eigenvalue weighted by atomic mass is 32.2. The van der Waals surface area contributed by atoms with Gasteiger partial charge in [-0.25, -0.2) is 22.3 Å². The molecule has 2 atom stereocenters. The number of hydrogen-bond donors (Lipinski definition) is 3. The number of benzene rings is 2. The van der Waals surface area contributed by atoms with Gasteiger partial charge < -0.3 is 15.5 Å². The van der Waals surface area contributed by atoms with Crippen LogP contribution in [-0.4, -0.2) is 50.9 Å². The fourth-order valence-corrected chi connectivity index (χ4v) is 5.10. The normalized spacial score (nSPS) is 17.1. The third-order valence-corrected chi connectivity index (χ3v) is 7.43. The van der Waals surface area contributed by atoms with Gasteiger partial charge in [0, 0.05) is 36.9 Å². The van der Waals surface area contributed by atoms with Crippen LogP contribution in [0.3, 0.4) is 0 Å². The molecule has 2 aromatic rings. The van der Waals surface area contributed by atoms with E-state index in [1.807, 2.05) is 6.92 Å². The molecule has 3 N–H and O–H groups in total. The number of halogens is 1. The SMILES string of the molecule is CCC(C)NS(=O)(=O)c1ccc(C(=O)N2CCCC(CNC(=O)Nc3cccc(F)c3)C2)cc1. The Bertz CT molecular complexity index is 1110. The molecule has 3 rings (SSSR count). The number of carbonyl (C=O) groups excluding carboxylic acids is 2. The molecule has 0 aromatic heterocycles. The van der Waals surface area contributed by atoms with Crippen LogP contribution in [0.4, 0.5) is 14.9 Å². The smallest absolute Gasteiger partial charge is 0.319 e. The fraction of sp³-hybridized carbons (Fsp3) is 0.417. The first-order valence-electron chi connectivity index (χ1n) is 11.4. The van der Waals surface area contributed by atoms with Crippen LogP contribution in [0.5, 0.6) is 0 Å². The van der Waals surface area contributed by atoms with Gasteiger partial charge in [0.1, 0.15) is 5.82 Å². The third kappa shape index (κ3) is 7.01. The third-order valence-electron chi connectivity index (χ3n) is 5.82. The van der Waals surface area contributed by atoms with Crippen molar-refractivity contribution < 1.29 is 22.4 Å². The maximum atomic E-state index is 13.3. The summed E-state index contributed by atoms with van der Waals surface area (Å²) in [6.45, 7) is 5.15. The van der Waals surface area contributed by atoms with Crippen LogP contribution >= 0.6 is 0 Å². The van der Waals surface area contributed by atoms with Gasteiger partial charge in [0.25, 0.3) is 5.91 Å². The van der Waals surface area contributed by atoms with E-state index in [0.717, 1.165) is 12.8 Å². The number of hydrogen-bond acceptors (Lipinski definition) is 4. The first kappa shape index (κ1) is 25.6. The largest absolute Gasteiger partial charge is 0.338 e. The molecule has 0 saturated carbocycles. The molecule has 0 bridgehead atoms. The van der Waals surface area contributed by atoms with Crippen molar-refractivity contribution in [3.05, 3.63) is 59.9 Å². The van der Waals surface area contributed by atoms with Gasteiger partial charge in [-0.3, -0.25) is 4.79 Å². The first-order valence-corrected chi connectivity index (χ1v) is 12.9. The Morgan fingerprint density at radius 1 is 1.18 bits per heavy atom. The number of nitrogens with one attached hydrogen (secondary N) is 3. The van der Waals surface area contributed by atoms with Crippen molar-refractivity contribution in [2.45, 2.75) is 44.0 Å². The number of nitrogens with zero attached hydrogens (tertiary/aromatic N) is 1. The minimum absolute atomic E-state index is 0.0790. The summed E-state index contributed by atoms with van der Waals surface area (Å²) in [7, 11) is -3.63. The highest BCUT2D eigenvalue weighted by molar-refractivity contribution is 7.89. The maximum absolute atomic E-state index is 13.3. The van der Waals surface area contributed by atoms with E-state index >= 15 is 0 Å². The predicted molar refractivity (Wildman–Crippen MR) is 129 cm³/mol. The van der Waals surface area contributed by atoms with Crippen molar-refractivity contribution in [3.63, 3.8) is 0 Å². The van der Waals surface area contributed by atoms with Crippen LogP contribution in [0.25, 0.3) is 0 Å². The van der Waals surface area contributed by atoms with Crippen molar-refractivity contribution in [2.75, 3.05) is 25.0 Å². The molecule has 2 unspecified atom stereocenters. The van der Waals surface area contributed by atoms with Crippen LogP contribution in [0.1, 0.15) is 43.5 Å². The molecule has 10 heteroatoms. The summed E-state index contributed by atoms with van der Waals surface area (Å²) >= 11 is 0. The second-order valence-electron chi connectivity index (χ2n) is 8.56. The van der Waals surface area contributed by atoms with Gasteiger partial charge in [0.05, 0.1) is 4.90 Å². The lowest BCUT2D eigenvalue weighted by atomic mass is 9.97. The molecule has 1 fully saturated rings. The number of sulfonamides is 1. The van der Waals surface area contributed by atoms with Crippen LogP contribution < -0.4 is 15.4 Å². The summed E-state index contributed by atoms with van der Waals surface area (Å²) in [6, 6.07) is 11.0. The highest BCUT2D eigenvalue weighted by Crippen LogP contribution is 2.20. The molecular formula is C24H31FN4O4S. The molecule has 1 heterocycles. The Labute approximate surface area is 200 Å². The number of piperidine rings is 1. The fourth-order valence-electron chi connectivity index (χ4n) is 3.77. The minimum Gasteiger partial charge on any atom is -0.338 e. The first-order chi connectivity index (χ1) is 16.2. The number of rotatable bonds is 8. The average Bonchev–Trinajstić information content (AvgIpc) is 2.82. The minimum atomic E-state index is -3.63. The van der Waals surface area contributed by atoms with E-state index in [0.29, 0.717) is 37.3 Å². The Hall–Kier alpha value is -2.98. The van der Waals surface area contributed by atoms with E-state index in [1.165, 1.54) is 42.5 Å². The molecule has 2 aromatic carbocycles. The average molecular weight is 491 g/mol. The van der Waals surface area contributed by atoms with E-state index in [2.05, 4.69) is 15.4 Å². The lowest BCUT2D eigenvalue weighted by Crippen LogP contribution is -2.44. The number of urea groups is 1. The van der Waals surface area contributed by atoms with E-state index in [1.54, 1.807) is 17.9 Å². The van der Waals surface area contributed by atoms with Gasteiger partial charge in [-0.15, -0.1) is 0 Å². The van der Waals surface area contributed by atoms with Gasteiger partial charge in [-0.2, -0.15) is 0 Å². The molecule has 1 saturated heterocycles. The predicted octanol–water partition coefficient (Wildman–Crippen LogP) is 3.58. The van der Waals surface area contributed by atoms with Gasteiger partial charge in [0.2, 0.25) is 10.0 Å². The molecule has 1 aliphatic rings. The zero-order valence-electron chi connectivity index (χ0n) is 19.4. The summed E-state index contributed by atoms with van der Waals surface area (Å²) in [5.41, 5.74) is 0.780. The summed E-state index contributed by atoms with van der Waals surface area (Å²) < 4.78 is 40.7. The summed E-state index contributed by atoms with van der Waals surface area (Å²) in [6.07, 6.45) is 2.34. The van der Waals surface area contributed by atoms with Crippen LogP contribution in [0.15, 0.2) is 53.4 Å². The second kappa shape index (κ2) is 11.4. The Balaban J connectivity index is 1.54. The van der Waals surface area contributed by atoms with Gasteiger partial charge in [-0.1, -0.05) is 13.0 Å². The molecule has 1 aliphatic heterocycles. The molecule has 0 aliphatic carbocycles. The molecule has 3 amide bonds. The highest BCUT2D eigenvalue weighted by Gasteiger charge is 2.25. The van der Waals surface area contributed by atoms with Gasteiger partial charge in [0.15, 0.2) is 0 Å². The van der Waals surface area contributed by atoms with Crippen molar-refractivity contribution in [1.29, 1.82) is 0 Å². The van der Waals surface area contributed by atoms with E-state index in [9.17, 15) is 22.4 Å². The number of carbonyl (C=O) groups is 2. The van der Waals surface area contributed by atoms with Crippen molar-refractivity contribution in [2.24, 2.45) is 5.92 Å². The maximum Gasteiger partial charge on any atom is 0.319 e.